The molecule has 5 heteroatoms. The number of nitrogens with one attached hydrogen (secondary N) is 1. The molecule has 1 N–H and O–H groups in total. The van der Waals surface area contributed by atoms with Crippen molar-refractivity contribution in [1.29, 1.82) is 0 Å². The van der Waals surface area contributed by atoms with Gasteiger partial charge in [-0.05, 0) is 42.9 Å². The number of carbonyl (C=O) groups excluding carboxylic acids is 2. The van der Waals surface area contributed by atoms with Gasteiger partial charge >= 0.3 is 6.03 Å². The monoisotopic (exact) mass is 357 g/mol. The first-order valence-corrected chi connectivity index (χ1v) is 9.75. The molecule has 1 spiro atoms. The molecule has 2 atom stereocenters. The van der Waals surface area contributed by atoms with Crippen molar-refractivity contribution in [3.8, 4) is 0 Å². The molecule has 2 aliphatic rings. The number of rotatable bonds is 5. The Kier molecular flexibility index (Phi) is 5.37. The summed E-state index contributed by atoms with van der Waals surface area (Å²) < 4.78 is 0. The Morgan fingerprint density at radius 3 is 2.54 bits per heavy atom. The summed E-state index contributed by atoms with van der Waals surface area (Å²) in [7, 11) is 1.95. The number of imide groups is 1. The first-order chi connectivity index (χ1) is 12.3. The van der Waals surface area contributed by atoms with E-state index in [1.807, 2.05) is 11.9 Å². The van der Waals surface area contributed by atoms with Crippen LogP contribution in [0.2, 0.25) is 0 Å². The Bertz CT molecular complexity index is 670. The van der Waals surface area contributed by atoms with Gasteiger partial charge in [0, 0.05) is 6.54 Å². The Hall–Kier alpha value is -1.88. The Morgan fingerprint density at radius 2 is 1.92 bits per heavy atom. The summed E-state index contributed by atoms with van der Waals surface area (Å²) in [5.74, 6) is 0.671. The molecule has 1 aliphatic carbocycles. The van der Waals surface area contributed by atoms with Gasteiger partial charge in [-0.25, -0.2) is 9.69 Å². The van der Waals surface area contributed by atoms with Crippen LogP contribution in [-0.2, 0) is 11.3 Å². The van der Waals surface area contributed by atoms with Crippen LogP contribution in [0.5, 0.6) is 0 Å². The van der Waals surface area contributed by atoms with Gasteiger partial charge in [0.15, 0.2) is 0 Å². The molecule has 5 nitrogen and oxygen atoms in total. The lowest BCUT2D eigenvalue weighted by Gasteiger charge is -2.37. The lowest BCUT2D eigenvalue weighted by atomic mass is 9.73. The maximum absolute atomic E-state index is 13.0. The van der Waals surface area contributed by atoms with Crippen LogP contribution < -0.4 is 5.32 Å². The third kappa shape index (κ3) is 3.50. The van der Waals surface area contributed by atoms with E-state index >= 15 is 0 Å². The molecular formula is C21H31N3O2. The molecule has 3 rings (SSSR count). The third-order valence-electron chi connectivity index (χ3n) is 5.98. The quantitative estimate of drug-likeness (QED) is 0.818. The standard InChI is InChI=1S/C21H31N3O2/c1-15(2)18-10-8-17(9-11-18)13-23(4)14-24-19(25)21(22-20(24)26)12-6-5-7-16(21)3/h8-11,15-16H,5-7,12-14H2,1-4H3,(H,22,26)/t16-,21+/m0/s1. The first-order valence-electron chi connectivity index (χ1n) is 9.75. The predicted octanol–water partition coefficient (Wildman–Crippen LogP) is 3.70. The fraction of sp³-hybridized carbons (Fsp3) is 0.619. The SMILES string of the molecule is CC(C)c1ccc(CN(C)CN2C(=O)N[C@@]3(CCCC[C@@H]3C)C2=O)cc1. The zero-order valence-electron chi connectivity index (χ0n) is 16.4. The molecule has 1 heterocycles. The number of amides is 3. The summed E-state index contributed by atoms with van der Waals surface area (Å²) in [6, 6.07) is 8.32. The van der Waals surface area contributed by atoms with Gasteiger partial charge in [0.25, 0.3) is 5.91 Å². The average molecular weight is 357 g/mol. The van der Waals surface area contributed by atoms with E-state index in [9.17, 15) is 9.59 Å². The van der Waals surface area contributed by atoms with Crippen molar-refractivity contribution < 1.29 is 9.59 Å². The third-order valence-corrected chi connectivity index (χ3v) is 5.98. The molecule has 1 aliphatic heterocycles. The summed E-state index contributed by atoms with van der Waals surface area (Å²) in [5, 5.41) is 3.02. The minimum absolute atomic E-state index is 0.0447. The highest BCUT2D eigenvalue weighted by Gasteiger charge is 2.54. The van der Waals surface area contributed by atoms with E-state index in [0.29, 0.717) is 19.1 Å². The van der Waals surface area contributed by atoms with Crippen LogP contribution in [-0.4, -0.2) is 41.0 Å². The van der Waals surface area contributed by atoms with Crippen LogP contribution >= 0.6 is 0 Å². The van der Waals surface area contributed by atoms with Gasteiger partial charge in [0.2, 0.25) is 0 Å². The predicted molar refractivity (Wildman–Crippen MR) is 103 cm³/mol. The molecule has 0 bridgehead atoms. The Balaban J connectivity index is 1.64. The van der Waals surface area contributed by atoms with E-state index in [4.69, 9.17) is 0 Å². The van der Waals surface area contributed by atoms with Crippen molar-refractivity contribution in [1.82, 2.24) is 15.1 Å². The molecule has 0 unspecified atom stereocenters. The van der Waals surface area contributed by atoms with Gasteiger partial charge in [-0.2, -0.15) is 0 Å². The number of benzene rings is 1. The highest BCUT2D eigenvalue weighted by molar-refractivity contribution is 6.07. The van der Waals surface area contributed by atoms with Gasteiger partial charge in [0.1, 0.15) is 5.54 Å². The van der Waals surface area contributed by atoms with Crippen LogP contribution in [0, 0.1) is 5.92 Å². The number of hydrogen-bond donors (Lipinski definition) is 1. The molecule has 1 aromatic rings. The molecule has 2 fully saturated rings. The van der Waals surface area contributed by atoms with Crippen molar-refractivity contribution in [2.75, 3.05) is 13.7 Å². The lowest BCUT2D eigenvalue weighted by Crippen LogP contribution is -2.54. The van der Waals surface area contributed by atoms with Crippen LogP contribution in [0.3, 0.4) is 0 Å². The van der Waals surface area contributed by atoms with Crippen molar-refractivity contribution >= 4 is 11.9 Å². The number of carbonyl (C=O) groups is 2. The second-order valence-corrected chi connectivity index (χ2v) is 8.33. The largest absolute Gasteiger partial charge is 0.326 e. The second kappa shape index (κ2) is 7.39. The summed E-state index contributed by atoms with van der Waals surface area (Å²) >= 11 is 0. The van der Waals surface area contributed by atoms with Crippen LogP contribution in [0.15, 0.2) is 24.3 Å². The van der Waals surface area contributed by atoms with Crippen molar-refractivity contribution in [2.24, 2.45) is 5.92 Å². The van der Waals surface area contributed by atoms with E-state index in [2.05, 4.69) is 50.4 Å². The molecule has 26 heavy (non-hydrogen) atoms. The lowest BCUT2D eigenvalue weighted by molar-refractivity contribution is -0.135. The highest BCUT2D eigenvalue weighted by atomic mass is 16.2. The maximum Gasteiger partial charge on any atom is 0.326 e. The van der Waals surface area contributed by atoms with Crippen LogP contribution in [0.4, 0.5) is 4.79 Å². The summed E-state index contributed by atoms with van der Waals surface area (Å²) in [6.45, 7) is 7.48. The van der Waals surface area contributed by atoms with E-state index < -0.39 is 5.54 Å². The van der Waals surface area contributed by atoms with Gasteiger partial charge < -0.3 is 5.32 Å². The average Bonchev–Trinajstić information content (AvgIpc) is 2.83. The Labute approximate surface area is 156 Å². The van der Waals surface area contributed by atoms with Gasteiger partial charge in [-0.3, -0.25) is 9.69 Å². The van der Waals surface area contributed by atoms with E-state index in [1.165, 1.54) is 16.0 Å². The molecule has 0 radical (unpaired) electrons. The van der Waals surface area contributed by atoms with E-state index in [0.717, 1.165) is 25.7 Å². The minimum Gasteiger partial charge on any atom is -0.323 e. The molecule has 1 saturated carbocycles. The fourth-order valence-corrected chi connectivity index (χ4v) is 4.23. The normalized spacial score (nSPS) is 26.2. The zero-order chi connectivity index (χ0) is 18.9. The van der Waals surface area contributed by atoms with Gasteiger partial charge in [-0.15, -0.1) is 0 Å². The summed E-state index contributed by atoms with van der Waals surface area (Å²) in [5.41, 5.74) is 1.83. The minimum atomic E-state index is -0.672. The van der Waals surface area contributed by atoms with Gasteiger partial charge in [0.05, 0.1) is 6.67 Å². The second-order valence-electron chi connectivity index (χ2n) is 8.33. The van der Waals surface area contributed by atoms with Crippen molar-refractivity contribution in [3.63, 3.8) is 0 Å². The molecule has 3 amide bonds. The molecule has 1 saturated heterocycles. The first kappa shape index (κ1) is 18.9. The number of hydrogen-bond acceptors (Lipinski definition) is 3. The molecular weight excluding hydrogens is 326 g/mol. The van der Waals surface area contributed by atoms with Crippen LogP contribution in [0.1, 0.15) is 63.5 Å². The fourth-order valence-electron chi connectivity index (χ4n) is 4.23. The van der Waals surface area contributed by atoms with E-state index in [-0.39, 0.29) is 17.9 Å². The van der Waals surface area contributed by atoms with Crippen molar-refractivity contribution in [2.45, 2.75) is 64.5 Å². The smallest absolute Gasteiger partial charge is 0.323 e. The van der Waals surface area contributed by atoms with E-state index in [1.54, 1.807) is 0 Å². The topological polar surface area (TPSA) is 52.6 Å². The maximum atomic E-state index is 13.0. The molecule has 142 valence electrons. The number of urea groups is 1. The molecule has 1 aromatic carbocycles. The highest BCUT2D eigenvalue weighted by Crippen LogP contribution is 2.38. The van der Waals surface area contributed by atoms with Crippen LogP contribution in [0.25, 0.3) is 0 Å². The summed E-state index contributed by atoms with van der Waals surface area (Å²) in [4.78, 5) is 28.9. The van der Waals surface area contributed by atoms with Crippen molar-refractivity contribution in [3.05, 3.63) is 35.4 Å². The zero-order valence-corrected chi connectivity index (χ0v) is 16.4. The van der Waals surface area contributed by atoms with Gasteiger partial charge in [-0.1, -0.05) is 57.9 Å². The number of nitrogens with zero attached hydrogens (tertiary/aromatic N) is 2. The molecule has 0 aromatic heterocycles. The summed E-state index contributed by atoms with van der Waals surface area (Å²) in [6.07, 6.45) is 3.90. The Morgan fingerprint density at radius 1 is 1.23 bits per heavy atom.